The first-order valence-electron chi connectivity index (χ1n) is 16.6. The number of fused-ring (bicyclic) bond motifs is 2. The minimum atomic E-state index is -4.28. The number of hydrogen-bond donors (Lipinski definition) is 2. The van der Waals surface area contributed by atoms with Crippen LogP contribution in [0.3, 0.4) is 0 Å². The number of piperidine rings is 2. The standard InChI is InChI=1S/C35H42F3N9S/c1-22(46-13-9-34(3,21-40)10-14-46)19-47-26(18-39)15-28-23(2)24(5-6-30(28)47)20-45-11-7-25(8-12-45)42-31-29-16-27(17-35(36,37)38)48-32(29)44-33(41-4)43-31/h5-6,15-16,22,25H,7-14,17,19-20H2,1-4H3,(H2,41,42,43,44)/t22-/m0/s1. The molecule has 1 aromatic carbocycles. The molecule has 0 bridgehead atoms. The van der Waals surface area contributed by atoms with Crippen LogP contribution in [0.15, 0.2) is 24.3 Å². The Morgan fingerprint density at radius 1 is 1.08 bits per heavy atom. The zero-order valence-electron chi connectivity index (χ0n) is 27.9. The van der Waals surface area contributed by atoms with Gasteiger partial charge in [0.05, 0.1) is 23.3 Å². The molecule has 2 N–H and O–H groups in total. The second-order valence-corrected chi connectivity index (χ2v) is 14.8. The fourth-order valence-corrected chi connectivity index (χ4v) is 8.14. The van der Waals surface area contributed by atoms with E-state index >= 15 is 0 Å². The van der Waals surface area contributed by atoms with Gasteiger partial charge < -0.3 is 15.2 Å². The van der Waals surface area contributed by atoms with E-state index in [4.69, 9.17) is 0 Å². The Labute approximate surface area is 283 Å². The summed E-state index contributed by atoms with van der Waals surface area (Å²) in [6, 6.07) is 13.2. The van der Waals surface area contributed by atoms with E-state index in [0.29, 0.717) is 27.7 Å². The Balaban J connectivity index is 1.11. The predicted molar refractivity (Wildman–Crippen MR) is 184 cm³/mol. The van der Waals surface area contributed by atoms with Crippen molar-refractivity contribution in [3.05, 3.63) is 46.0 Å². The summed E-state index contributed by atoms with van der Waals surface area (Å²) < 4.78 is 41.4. The third kappa shape index (κ3) is 7.24. The number of nitrogens with one attached hydrogen (secondary N) is 2. The fourth-order valence-electron chi connectivity index (χ4n) is 7.08. The van der Waals surface area contributed by atoms with Gasteiger partial charge in [-0.15, -0.1) is 11.3 Å². The van der Waals surface area contributed by atoms with Gasteiger partial charge in [-0.3, -0.25) is 9.80 Å². The van der Waals surface area contributed by atoms with Gasteiger partial charge in [0.1, 0.15) is 22.4 Å². The van der Waals surface area contributed by atoms with Crippen LogP contribution in [0.5, 0.6) is 0 Å². The lowest BCUT2D eigenvalue weighted by atomic mass is 9.81. The second kappa shape index (κ2) is 13.5. The van der Waals surface area contributed by atoms with Crippen molar-refractivity contribution in [3.8, 4) is 12.1 Å². The van der Waals surface area contributed by atoms with Crippen molar-refractivity contribution < 1.29 is 13.2 Å². The summed E-state index contributed by atoms with van der Waals surface area (Å²) in [5.41, 5.74) is 3.92. The van der Waals surface area contributed by atoms with Gasteiger partial charge in [-0.05, 0) is 88.9 Å². The zero-order chi connectivity index (χ0) is 34.2. The minimum absolute atomic E-state index is 0.140. The number of thiophene rings is 1. The second-order valence-electron chi connectivity index (χ2n) is 13.7. The summed E-state index contributed by atoms with van der Waals surface area (Å²) in [4.78, 5) is 14.6. The SMILES string of the molecule is CNc1nc(NC2CCN(Cc3ccc4c(cc(C#N)n4C[C@H](C)N4CCC(C)(C#N)CC4)c3C)CC2)c2cc(CC(F)(F)F)sc2n1. The van der Waals surface area contributed by atoms with Crippen LogP contribution in [0.1, 0.15) is 61.2 Å². The molecule has 2 aliphatic heterocycles. The predicted octanol–water partition coefficient (Wildman–Crippen LogP) is 7.06. The average Bonchev–Trinajstić information content (AvgIpc) is 3.63. The monoisotopic (exact) mass is 677 g/mol. The van der Waals surface area contributed by atoms with Gasteiger partial charge >= 0.3 is 6.18 Å². The van der Waals surface area contributed by atoms with Gasteiger partial charge in [0.25, 0.3) is 0 Å². The number of rotatable bonds is 9. The number of hydrogen-bond acceptors (Lipinski definition) is 9. The van der Waals surface area contributed by atoms with Gasteiger partial charge in [0.2, 0.25) is 5.95 Å². The molecule has 0 spiro atoms. The van der Waals surface area contributed by atoms with Gasteiger partial charge in [-0.1, -0.05) is 6.07 Å². The molecule has 2 fully saturated rings. The van der Waals surface area contributed by atoms with Crippen molar-refractivity contribution in [2.45, 2.75) is 84.2 Å². The van der Waals surface area contributed by atoms with Crippen LogP contribution in [0.25, 0.3) is 21.1 Å². The smallest absolute Gasteiger partial charge is 0.367 e. The maximum Gasteiger partial charge on any atom is 0.393 e. The molecule has 3 aromatic heterocycles. The molecule has 4 aromatic rings. The molecule has 2 saturated heterocycles. The van der Waals surface area contributed by atoms with Gasteiger partial charge in [-0.25, -0.2) is 4.98 Å². The molecule has 48 heavy (non-hydrogen) atoms. The molecule has 9 nitrogen and oxygen atoms in total. The molecule has 5 heterocycles. The molecule has 2 aliphatic rings. The Hall–Kier alpha value is -3.91. The topological polar surface area (TPSA) is 109 Å². The number of alkyl halides is 3. The van der Waals surface area contributed by atoms with Crippen molar-refractivity contribution in [1.82, 2.24) is 24.3 Å². The summed E-state index contributed by atoms with van der Waals surface area (Å²) in [5, 5.41) is 27.7. The Bertz CT molecular complexity index is 1870. The normalized spacial score (nSPS) is 18.5. The van der Waals surface area contributed by atoms with E-state index in [1.165, 1.54) is 11.1 Å². The van der Waals surface area contributed by atoms with E-state index in [-0.39, 0.29) is 22.4 Å². The largest absolute Gasteiger partial charge is 0.393 e. The van der Waals surface area contributed by atoms with E-state index in [1.54, 1.807) is 13.1 Å². The highest BCUT2D eigenvalue weighted by molar-refractivity contribution is 7.18. The molecule has 0 aliphatic carbocycles. The first-order chi connectivity index (χ1) is 22.9. The van der Waals surface area contributed by atoms with Gasteiger partial charge in [0.15, 0.2) is 0 Å². The van der Waals surface area contributed by atoms with Crippen molar-refractivity contribution in [1.29, 1.82) is 10.5 Å². The number of aromatic nitrogens is 3. The first-order valence-corrected chi connectivity index (χ1v) is 17.4. The molecule has 1 atom stereocenters. The number of nitriles is 2. The summed E-state index contributed by atoms with van der Waals surface area (Å²) >= 11 is 1.06. The highest BCUT2D eigenvalue weighted by Crippen LogP contribution is 2.35. The number of halogens is 3. The summed E-state index contributed by atoms with van der Waals surface area (Å²) in [6.45, 7) is 11.4. The van der Waals surface area contributed by atoms with Gasteiger partial charge in [0, 0.05) is 61.1 Å². The number of benzene rings is 1. The summed E-state index contributed by atoms with van der Waals surface area (Å²) in [6.07, 6.45) is -1.78. The molecule has 0 radical (unpaired) electrons. The average molecular weight is 678 g/mol. The van der Waals surface area contributed by atoms with Gasteiger partial charge in [-0.2, -0.15) is 28.7 Å². The van der Waals surface area contributed by atoms with Crippen LogP contribution in [-0.4, -0.2) is 75.8 Å². The molecule has 6 rings (SSSR count). The van der Waals surface area contributed by atoms with E-state index < -0.39 is 12.6 Å². The van der Waals surface area contributed by atoms with Crippen LogP contribution in [0, 0.1) is 35.0 Å². The molecule has 0 saturated carbocycles. The molecule has 0 unspecified atom stereocenters. The van der Waals surface area contributed by atoms with Crippen LogP contribution in [0.4, 0.5) is 24.9 Å². The third-order valence-corrected chi connectivity index (χ3v) is 11.2. The van der Waals surface area contributed by atoms with Crippen molar-refractivity contribution in [2.24, 2.45) is 5.41 Å². The number of anilines is 2. The van der Waals surface area contributed by atoms with E-state index in [9.17, 15) is 23.7 Å². The maximum absolute atomic E-state index is 13.1. The Kier molecular flexibility index (Phi) is 9.58. The highest BCUT2D eigenvalue weighted by Gasteiger charge is 2.32. The van der Waals surface area contributed by atoms with Crippen LogP contribution >= 0.6 is 11.3 Å². The first kappa shape index (κ1) is 34.0. The highest BCUT2D eigenvalue weighted by atomic mass is 32.1. The van der Waals surface area contributed by atoms with E-state index in [0.717, 1.165) is 87.2 Å². The summed E-state index contributed by atoms with van der Waals surface area (Å²) in [5.74, 6) is 0.952. The number of likely N-dealkylation sites (tertiary alicyclic amines) is 2. The Morgan fingerprint density at radius 2 is 1.81 bits per heavy atom. The lowest BCUT2D eigenvalue weighted by Gasteiger charge is -2.38. The third-order valence-electron chi connectivity index (χ3n) is 10.2. The molecule has 0 amide bonds. The molecular formula is C35H42F3N9S. The lowest BCUT2D eigenvalue weighted by Crippen LogP contribution is -2.44. The Morgan fingerprint density at radius 3 is 2.46 bits per heavy atom. The quantitative estimate of drug-likeness (QED) is 0.194. The van der Waals surface area contributed by atoms with Crippen LogP contribution in [-0.2, 0) is 19.5 Å². The van der Waals surface area contributed by atoms with Crippen LogP contribution < -0.4 is 10.6 Å². The number of nitrogens with zero attached hydrogens (tertiary/aromatic N) is 7. The van der Waals surface area contributed by atoms with Crippen LogP contribution in [0.2, 0.25) is 0 Å². The maximum atomic E-state index is 13.1. The molecular weight excluding hydrogens is 636 g/mol. The summed E-state index contributed by atoms with van der Waals surface area (Å²) in [7, 11) is 1.70. The minimum Gasteiger partial charge on any atom is -0.367 e. The van der Waals surface area contributed by atoms with Crippen molar-refractivity contribution >= 4 is 44.2 Å². The van der Waals surface area contributed by atoms with Crippen molar-refractivity contribution in [3.63, 3.8) is 0 Å². The van der Waals surface area contributed by atoms with E-state index in [1.807, 2.05) is 13.0 Å². The van der Waals surface area contributed by atoms with Crippen molar-refractivity contribution in [2.75, 3.05) is 43.9 Å². The molecule has 254 valence electrons. The molecule has 13 heteroatoms. The zero-order valence-corrected chi connectivity index (χ0v) is 28.7. The number of aryl methyl sites for hydroxylation is 1. The lowest BCUT2D eigenvalue weighted by molar-refractivity contribution is -0.126. The van der Waals surface area contributed by atoms with E-state index in [2.05, 4.69) is 73.1 Å². The fraction of sp³-hybridized carbons (Fsp3) is 0.543.